The van der Waals surface area contributed by atoms with Crippen molar-refractivity contribution in [2.45, 2.75) is 0 Å². The zero-order valence-electron chi connectivity index (χ0n) is 8.73. The Labute approximate surface area is 117 Å². The summed E-state index contributed by atoms with van der Waals surface area (Å²) < 4.78 is 0. The summed E-state index contributed by atoms with van der Waals surface area (Å²) in [5.41, 5.74) is 1.36. The SMILES string of the molecule is O=[N+]([O-])c1ccc(-c2cc(Cl)c(Cl)c(Cl)c2)cn1. The second-order valence-corrected chi connectivity index (χ2v) is 4.61. The molecule has 7 heteroatoms. The van der Waals surface area contributed by atoms with Gasteiger partial charge in [-0.1, -0.05) is 34.8 Å². The van der Waals surface area contributed by atoms with E-state index in [1.165, 1.54) is 12.3 Å². The van der Waals surface area contributed by atoms with Crippen LogP contribution in [0.2, 0.25) is 15.1 Å². The fourth-order valence-electron chi connectivity index (χ4n) is 1.39. The van der Waals surface area contributed by atoms with Gasteiger partial charge in [-0.3, -0.25) is 0 Å². The summed E-state index contributed by atoms with van der Waals surface area (Å²) in [5.74, 6) is -0.218. The second kappa shape index (κ2) is 5.10. The first-order valence-electron chi connectivity index (χ1n) is 4.74. The minimum atomic E-state index is -0.564. The minimum absolute atomic E-state index is 0.218. The molecule has 18 heavy (non-hydrogen) atoms. The molecule has 2 aromatic rings. The molecule has 0 N–H and O–H groups in total. The van der Waals surface area contributed by atoms with Gasteiger partial charge in [-0.2, -0.15) is 0 Å². The smallest absolute Gasteiger partial charge is 0.358 e. The molecule has 2 rings (SSSR count). The van der Waals surface area contributed by atoms with Crippen LogP contribution in [0.25, 0.3) is 11.1 Å². The topological polar surface area (TPSA) is 56.0 Å². The third-order valence-electron chi connectivity index (χ3n) is 2.25. The van der Waals surface area contributed by atoms with E-state index in [4.69, 9.17) is 34.8 Å². The second-order valence-electron chi connectivity index (χ2n) is 3.42. The molecule has 0 bridgehead atoms. The van der Waals surface area contributed by atoms with Gasteiger partial charge < -0.3 is 10.1 Å². The molecule has 0 amide bonds. The van der Waals surface area contributed by atoms with Gasteiger partial charge in [0, 0.05) is 11.6 Å². The Balaban J connectivity index is 2.46. The highest BCUT2D eigenvalue weighted by Crippen LogP contribution is 2.35. The van der Waals surface area contributed by atoms with E-state index in [1.54, 1.807) is 18.2 Å². The van der Waals surface area contributed by atoms with E-state index in [0.29, 0.717) is 21.2 Å². The van der Waals surface area contributed by atoms with Gasteiger partial charge in [-0.15, -0.1) is 0 Å². The van der Waals surface area contributed by atoms with Crippen molar-refractivity contribution in [1.29, 1.82) is 0 Å². The number of hydrogen-bond donors (Lipinski definition) is 0. The maximum Gasteiger partial charge on any atom is 0.363 e. The number of pyridine rings is 1. The molecule has 0 fully saturated rings. The van der Waals surface area contributed by atoms with E-state index in [1.807, 2.05) is 0 Å². The van der Waals surface area contributed by atoms with Crippen LogP contribution in [0.4, 0.5) is 5.82 Å². The van der Waals surface area contributed by atoms with Gasteiger partial charge in [0.1, 0.15) is 6.20 Å². The van der Waals surface area contributed by atoms with Crippen molar-refractivity contribution in [2.24, 2.45) is 0 Å². The Morgan fingerprint density at radius 2 is 1.67 bits per heavy atom. The molecule has 1 aromatic carbocycles. The first kappa shape index (κ1) is 13.1. The number of hydrogen-bond acceptors (Lipinski definition) is 3. The van der Waals surface area contributed by atoms with Crippen LogP contribution in [0.15, 0.2) is 30.5 Å². The number of benzene rings is 1. The molecule has 0 radical (unpaired) electrons. The molecule has 0 aliphatic heterocycles. The number of halogens is 3. The summed E-state index contributed by atoms with van der Waals surface area (Å²) in [6.45, 7) is 0. The first-order chi connectivity index (χ1) is 8.49. The third-order valence-corrected chi connectivity index (χ3v) is 3.45. The quantitative estimate of drug-likeness (QED) is 0.462. The van der Waals surface area contributed by atoms with E-state index in [0.717, 1.165) is 0 Å². The normalized spacial score (nSPS) is 10.4. The van der Waals surface area contributed by atoms with Crippen LogP contribution < -0.4 is 0 Å². The van der Waals surface area contributed by atoms with Gasteiger partial charge in [0.15, 0.2) is 0 Å². The van der Waals surface area contributed by atoms with Gasteiger partial charge in [-0.05, 0) is 33.7 Å². The molecule has 0 aliphatic carbocycles. The van der Waals surface area contributed by atoms with Gasteiger partial charge in [-0.25, -0.2) is 0 Å². The maximum atomic E-state index is 10.5. The summed E-state index contributed by atoms with van der Waals surface area (Å²) in [6.07, 6.45) is 1.38. The lowest BCUT2D eigenvalue weighted by Crippen LogP contribution is -1.91. The van der Waals surface area contributed by atoms with Crippen LogP contribution in [0.5, 0.6) is 0 Å². The highest BCUT2D eigenvalue weighted by molar-refractivity contribution is 6.48. The van der Waals surface area contributed by atoms with Crippen molar-refractivity contribution < 1.29 is 4.92 Å². The Bertz CT molecular complexity index is 591. The molecule has 0 atom stereocenters. The molecule has 0 aliphatic rings. The number of rotatable bonds is 2. The summed E-state index contributed by atoms with van der Waals surface area (Å²) in [7, 11) is 0. The average Bonchev–Trinajstić information content (AvgIpc) is 2.35. The van der Waals surface area contributed by atoms with Crippen LogP contribution in [-0.4, -0.2) is 9.91 Å². The van der Waals surface area contributed by atoms with Crippen LogP contribution in [0, 0.1) is 10.1 Å². The van der Waals surface area contributed by atoms with Crippen molar-refractivity contribution in [3.05, 3.63) is 55.6 Å². The molecule has 0 spiro atoms. The van der Waals surface area contributed by atoms with E-state index in [-0.39, 0.29) is 10.8 Å². The predicted octanol–water partition coefficient (Wildman–Crippen LogP) is 4.62. The van der Waals surface area contributed by atoms with E-state index < -0.39 is 4.92 Å². The molecule has 4 nitrogen and oxygen atoms in total. The number of nitro groups is 1. The average molecular weight is 304 g/mol. The predicted molar refractivity (Wildman–Crippen MR) is 71.4 cm³/mol. The largest absolute Gasteiger partial charge is 0.363 e. The highest BCUT2D eigenvalue weighted by atomic mass is 35.5. The van der Waals surface area contributed by atoms with Gasteiger partial charge in [0.25, 0.3) is 0 Å². The van der Waals surface area contributed by atoms with Crippen molar-refractivity contribution in [1.82, 2.24) is 4.98 Å². The molecule has 92 valence electrons. The van der Waals surface area contributed by atoms with Crippen LogP contribution in [-0.2, 0) is 0 Å². The first-order valence-corrected chi connectivity index (χ1v) is 5.88. The lowest BCUT2D eigenvalue weighted by Gasteiger charge is -2.04. The zero-order chi connectivity index (χ0) is 13.3. The van der Waals surface area contributed by atoms with Crippen molar-refractivity contribution >= 4 is 40.6 Å². The van der Waals surface area contributed by atoms with Crippen LogP contribution in [0.1, 0.15) is 0 Å². The summed E-state index contributed by atoms with van der Waals surface area (Å²) in [6, 6.07) is 6.13. The number of nitrogens with zero attached hydrogens (tertiary/aromatic N) is 2. The molecular weight excluding hydrogens is 298 g/mol. The van der Waals surface area contributed by atoms with Gasteiger partial charge >= 0.3 is 5.82 Å². The Morgan fingerprint density at radius 3 is 2.11 bits per heavy atom. The molecule has 0 unspecified atom stereocenters. The standard InChI is InChI=1S/C11H5Cl3N2O2/c12-8-3-7(4-9(13)11(8)14)6-1-2-10(15-5-6)16(17)18/h1-5H. The highest BCUT2D eigenvalue weighted by Gasteiger charge is 2.11. The van der Waals surface area contributed by atoms with Crippen LogP contribution >= 0.6 is 34.8 Å². The lowest BCUT2D eigenvalue weighted by molar-refractivity contribution is -0.389. The molecule has 0 saturated carbocycles. The maximum absolute atomic E-state index is 10.5. The fraction of sp³-hybridized carbons (Fsp3) is 0. The summed E-state index contributed by atoms with van der Waals surface area (Å²) >= 11 is 17.6. The van der Waals surface area contributed by atoms with Crippen molar-refractivity contribution in [3.63, 3.8) is 0 Å². The van der Waals surface area contributed by atoms with E-state index in [9.17, 15) is 10.1 Å². The Hall–Kier alpha value is -1.36. The molecule has 0 saturated heterocycles. The lowest BCUT2D eigenvalue weighted by atomic mass is 10.1. The van der Waals surface area contributed by atoms with Crippen molar-refractivity contribution in [3.8, 4) is 11.1 Å². The Morgan fingerprint density at radius 1 is 1.06 bits per heavy atom. The Kier molecular flexibility index (Phi) is 3.71. The molecule has 1 aromatic heterocycles. The van der Waals surface area contributed by atoms with E-state index in [2.05, 4.69) is 4.98 Å². The summed E-state index contributed by atoms with van der Waals surface area (Å²) in [4.78, 5) is 13.6. The fourth-order valence-corrected chi connectivity index (χ4v) is 1.98. The number of aromatic nitrogens is 1. The molecular formula is C11H5Cl3N2O2. The van der Waals surface area contributed by atoms with Crippen LogP contribution in [0.3, 0.4) is 0 Å². The van der Waals surface area contributed by atoms with Gasteiger partial charge in [0.2, 0.25) is 0 Å². The molecule has 1 heterocycles. The van der Waals surface area contributed by atoms with Crippen molar-refractivity contribution in [2.75, 3.05) is 0 Å². The monoisotopic (exact) mass is 302 g/mol. The van der Waals surface area contributed by atoms with E-state index >= 15 is 0 Å². The third kappa shape index (κ3) is 2.56. The van der Waals surface area contributed by atoms with Gasteiger partial charge in [0.05, 0.1) is 15.1 Å². The minimum Gasteiger partial charge on any atom is -0.358 e. The summed E-state index contributed by atoms with van der Waals surface area (Å²) in [5, 5.41) is 11.4. The zero-order valence-corrected chi connectivity index (χ0v) is 11.0.